The van der Waals surface area contributed by atoms with Gasteiger partial charge in [-0.25, -0.2) is 9.36 Å². The van der Waals surface area contributed by atoms with Gasteiger partial charge in [0.2, 0.25) is 0 Å². The highest BCUT2D eigenvalue weighted by atomic mass is 16.6. The molecule has 1 N–H and O–H groups in total. The minimum atomic E-state index is -0.600. The van der Waals surface area contributed by atoms with Crippen LogP contribution in [0.5, 0.6) is 17.2 Å². The molecule has 1 heterocycles. The average molecular weight is 339 g/mol. The number of hydrogen-bond donors (Lipinski definition) is 1. The summed E-state index contributed by atoms with van der Waals surface area (Å²) in [5.74, 6) is 0.839. The number of aromatic nitrogens is 1. The lowest BCUT2D eigenvalue weighted by atomic mass is 10.1. The summed E-state index contributed by atoms with van der Waals surface area (Å²) in [6.45, 7) is 7.41. The number of carbonyl (C=O) groups is 1. The van der Waals surface area contributed by atoms with E-state index in [1.165, 1.54) is 4.57 Å². The molecule has 2 aromatic carbocycles. The lowest BCUT2D eigenvalue weighted by molar-refractivity contribution is 0.0544. The maximum absolute atomic E-state index is 12.5. The molecule has 0 saturated heterocycles. The van der Waals surface area contributed by atoms with E-state index in [9.17, 15) is 9.90 Å². The zero-order valence-electron chi connectivity index (χ0n) is 14.7. The molecule has 0 spiro atoms. The van der Waals surface area contributed by atoms with Crippen LogP contribution in [0.2, 0.25) is 0 Å². The second-order valence-electron chi connectivity index (χ2n) is 6.94. The zero-order chi connectivity index (χ0) is 18.2. The number of fused-ring (bicyclic) bond motifs is 1. The molecule has 0 atom stereocenters. The maximum Gasteiger partial charge on any atom is 0.419 e. The molecule has 5 nitrogen and oxygen atoms in total. The van der Waals surface area contributed by atoms with Crippen LogP contribution in [0.15, 0.2) is 48.7 Å². The molecule has 0 unspecified atom stereocenters. The minimum absolute atomic E-state index is 0.0348. The molecule has 3 rings (SSSR count). The second kappa shape index (κ2) is 6.16. The molecule has 5 heteroatoms. The average Bonchev–Trinajstić information content (AvgIpc) is 2.91. The molecule has 0 amide bonds. The van der Waals surface area contributed by atoms with E-state index in [1.54, 1.807) is 30.5 Å². The number of ether oxygens (including phenoxy) is 2. The van der Waals surface area contributed by atoms with Gasteiger partial charge in [0.25, 0.3) is 0 Å². The van der Waals surface area contributed by atoms with Gasteiger partial charge in [-0.3, -0.25) is 0 Å². The smallest absolute Gasteiger partial charge is 0.419 e. The monoisotopic (exact) mass is 339 g/mol. The highest BCUT2D eigenvalue weighted by molar-refractivity contribution is 5.94. The molecule has 0 aliphatic carbocycles. The quantitative estimate of drug-likeness (QED) is 0.694. The standard InChI is InChI=1S/C20H21NO4/c1-13-11-14-9-10-21(19(23)25-20(2,3)4)18(14)17(12-13)24-16-8-6-5-7-15(16)22/h5-12,22H,1-4H3. The van der Waals surface area contributed by atoms with Crippen LogP contribution in [0.3, 0.4) is 0 Å². The van der Waals surface area contributed by atoms with Crippen molar-refractivity contribution in [2.75, 3.05) is 0 Å². The van der Waals surface area contributed by atoms with Crippen LogP contribution in [-0.4, -0.2) is 21.4 Å². The fourth-order valence-corrected chi connectivity index (χ4v) is 2.59. The summed E-state index contributed by atoms with van der Waals surface area (Å²) in [4.78, 5) is 12.5. The van der Waals surface area contributed by atoms with Gasteiger partial charge in [0.1, 0.15) is 11.1 Å². The van der Waals surface area contributed by atoms with E-state index in [1.807, 2.05) is 45.9 Å². The van der Waals surface area contributed by atoms with Gasteiger partial charge in [-0.05, 0) is 63.6 Å². The first-order valence-electron chi connectivity index (χ1n) is 8.05. The Morgan fingerprint density at radius 3 is 2.48 bits per heavy atom. The predicted octanol–water partition coefficient (Wildman–Crippen LogP) is 5.23. The van der Waals surface area contributed by atoms with Crippen molar-refractivity contribution in [1.29, 1.82) is 0 Å². The van der Waals surface area contributed by atoms with Crippen LogP contribution in [-0.2, 0) is 4.74 Å². The summed E-state index contributed by atoms with van der Waals surface area (Å²) < 4.78 is 12.8. The number of benzene rings is 2. The first-order valence-corrected chi connectivity index (χ1v) is 8.05. The fourth-order valence-electron chi connectivity index (χ4n) is 2.59. The number of phenolic OH excluding ortho intramolecular Hbond substituents is 1. The third-order valence-electron chi connectivity index (χ3n) is 3.57. The SMILES string of the molecule is Cc1cc(Oc2ccccc2O)c2c(ccn2C(=O)OC(C)(C)C)c1. The number of carbonyl (C=O) groups excluding carboxylic acids is 1. The highest BCUT2D eigenvalue weighted by Gasteiger charge is 2.21. The van der Waals surface area contributed by atoms with Gasteiger partial charge >= 0.3 is 6.09 Å². The number of aryl methyl sites for hydroxylation is 1. The van der Waals surface area contributed by atoms with E-state index in [0.717, 1.165) is 10.9 Å². The molecule has 3 aromatic rings. The Labute approximate surface area is 146 Å². The van der Waals surface area contributed by atoms with E-state index in [4.69, 9.17) is 9.47 Å². The number of nitrogens with zero attached hydrogens (tertiary/aromatic N) is 1. The van der Waals surface area contributed by atoms with Crippen molar-refractivity contribution in [3.05, 3.63) is 54.2 Å². The third-order valence-corrected chi connectivity index (χ3v) is 3.57. The Morgan fingerprint density at radius 1 is 1.08 bits per heavy atom. The Hall–Kier alpha value is -2.95. The number of rotatable bonds is 2. The van der Waals surface area contributed by atoms with Crippen LogP contribution >= 0.6 is 0 Å². The second-order valence-corrected chi connectivity index (χ2v) is 6.94. The molecule has 0 radical (unpaired) electrons. The van der Waals surface area contributed by atoms with E-state index < -0.39 is 11.7 Å². The van der Waals surface area contributed by atoms with Gasteiger partial charge < -0.3 is 14.6 Å². The van der Waals surface area contributed by atoms with Gasteiger partial charge in [0.05, 0.1) is 0 Å². The largest absolute Gasteiger partial charge is 0.504 e. The summed E-state index contributed by atoms with van der Waals surface area (Å²) in [7, 11) is 0. The van der Waals surface area contributed by atoms with Gasteiger partial charge in [-0.2, -0.15) is 0 Å². The zero-order valence-corrected chi connectivity index (χ0v) is 14.7. The summed E-state index contributed by atoms with van der Waals surface area (Å²) in [6.07, 6.45) is 1.18. The number of hydrogen-bond acceptors (Lipinski definition) is 4. The van der Waals surface area contributed by atoms with Crippen LogP contribution < -0.4 is 4.74 Å². The van der Waals surface area contributed by atoms with Crippen molar-refractivity contribution in [2.45, 2.75) is 33.3 Å². The Bertz CT molecular complexity index is 935. The maximum atomic E-state index is 12.5. The third kappa shape index (κ3) is 3.60. The van der Waals surface area contributed by atoms with Crippen molar-refractivity contribution in [3.63, 3.8) is 0 Å². The number of aromatic hydroxyl groups is 1. The van der Waals surface area contributed by atoms with Crippen molar-refractivity contribution >= 4 is 17.0 Å². The molecule has 130 valence electrons. The van der Waals surface area contributed by atoms with E-state index in [-0.39, 0.29) is 5.75 Å². The lowest BCUT2D eigenvalue weighted by Crippen LogP contribution is -2.26. The highest BCUT2D eigenvalue weighted by Crippen LogP contribution is 2.36. The first-order chi connectivity index (χ1) is 11.7. The van der Waals surface area contributed by atoms with Crippen LogP contribution in [0.4, 0.5) is 4.79 Å². The minimum Gasteiger partial charge on any atom is -0.504 e. The van der Waals surface area contributed by atoms with Crippen molar-refractivity contribution < 1.29 is 19.4 Å². The fraction of sp³-hybridized carbons (Fsp3) is 0.250. The molecule has 0 aliphatic rings. The summed E-state index contributed by atoms with van der Waals surface area (Å²) in [5.41, 5.74) is 0.986. The Kier molecular flexibility index (Phi) is 4.17. The molecule has 1 aromatic heterocycles. The van der Waals surface area contributed by atoms with Gasteiger partial charge in [-0.15, -0.1) is 0 Å². The van der Waals surface area contributed by atoms with Crippen LogP contribution in [0, 0.1) is 6.92 Å². The Morgan fingerprint density at radius 2 is 1.80 bits per heavy atom. The van der Waals surface area contributed by atoms with E-state index >= 15 is 0 Å². The molecular formula is C20H21NO4. The van der Waals surface area contributed by atoms with Crippen LogP contribution in [0.25, 0.3) is 10.9 Å². The molecule has 0 saturated carbocycles. The Balaban J connectivity index is 2.10. The summed E-state index contributed by atoms with van der Waals surface area (Å²) in [6, 6.07) is 12.3. The number of para-hydroxylation sites is 2. The van der Waals surface area contributed by atoms with E-state index in [0.29, 0.717) is 17.0 Å². The van der Waals surface area contributed by atoms with E-state index in [2.05, 4.69) is 0 Å². The summed E-state index contributed by atoms with van der Waals surface area (Å²) in [5, 5.41) is 10.8. The topological polar surface area (TPSA) is 60.7 Å². The molecular weight excluding hydrogens is 318 g/mol. The van der Waals surface area contributed by atoms with Gasteiger partial charge in [0.15, 0.2) is 17.2 Å². The molecule has 25 heavy (non-hydrogen) atoms. The number of phenols is 1. The van der Waals surface area contributed by atoms with Gasteiger partial charge in [0, 0.05) is 11.6 Å². The van der Waals surface area contributed by atoms with Crippen molar-refractivity contribution in [2.24, 2.45) is 0 Å². The van der Waals surface area contributed by atoms with Crippen LogP contribution in [0.1, 0.15) is 26.3 Å². The summed E-state index contributed by atoms with van der Waals surface area (Å²) >= 11 is 0. The van der Waals surface area contributed by atoms with Gasteiger partial charge in [-0.1, -0.05) is 12.1 Å². The molecule has 0 fully saturated rings. The van der Waals surface area contributed by atoms with Crippen molar-refractivity contribution in [3.8, 4) is 17.2 Å². The molecule has 0 aliphatic heterocycles. The normalized spacial score (nSPS) is 11.5. The molecule has 0 bridgehead atoms. The van der Waals surface area contributed by atoms with Crippen molar-refractivity contribution in [1.82, 2.24) is 4.57 Å². The lowest BCUT2D eigenvalue weighted by Gasteiger charge is -2.20. The predicted molar refractivity (Wildman–Crippen MR) is 96.5 cm³/mol. The first kappa shape index (κ1) is 16.9.